The molecular weight excluding hydrogens is 491 g/mol. The lowest BCUT2D eigenvalue weighted by atomic mass is 10.1. The summed E-state index contributed by atoms with van der Waals surface area (Å²) in [6.07, 6.45) is 0. The third-order valence-electron chi connectivity index (χ3n) is 4.34. The van der Waals surface area contributed by atoms with Crippen LogP contribution in [0.5, 0.6) is 5.75 Å². The van der Waals surface area contributed by atoms with Crippen molar-refractivity contribution < 1.29 is 14.3 Å². The molecule has 0 aliphatic heterocycles. The summed E-state index contributed by atoms with van der Waals surface area (Å²) in [5.74, 6) is 0.270. The first-order chi connectivity index (χ1) is 14.2. The van der Waals surface area contributed by atoms with Crippen molar-refractivity contribution in [2.75, 3.05) is 13.2 Å². The van der Waals surface area contributed by atoms with Gasteiger partial charge in [0, 0.05) is 23.1 Å². The molecule has 2 rings (SSSR count). The van der Waals surface area contributed by atoms with Crippen LogP contribution >= 0.6 is 39.1 Å². The fourth-order valence-electron chi connectivity index (χ4n) is 2.68. The van der Waals surface area contributed by atoms with Crippen LogP contribution in [0.2, 0.25) is 10.0 Å². The van der Waals surface area contributed by atoms with Crippen molar-refractivity contribution in [3.8, 4) is 5.75 Å². The van der Waals surface area contributed by atoms with Crippen LogP contribution in [0.25, 0.3) is 0 Å². The number of amides is 2. The topological polar surface area (TPSA) is 58.6 Å². The van der Waals surface area contributed by atoms with Crippen molar-refractivity contribution in [2.24, 2.45) is 5.92 Å². The van der Waals surface area contributed by atoms with E-state index in [2.05, 4.69) is 21.2 Å². The minimum atomic E-state index is -0.674. The first kappa shape index (κ1) is 24.5. The third kappa shape index (κ3) is 7.49. The maximum Gasteiger partial charge on any atom is 0.261 e. The summed E-state index contributed by atoms with van der Waals surface area (Å²) in [5.41, 5.74) is 0.826. The predicted molar refractivity (Wildman–Crippen MR) is 124 cm³/mol. The lowest BCUT2D eigenvalue weighted by Gasteiger charge is -2.29. The zero-order chi connectivity index (χ0) is 22.3. The number of nitrogens with one attached hydrogen (secondary N) is 1. The summed E-state index contributed by atoms with van der Waals surface area (Å²) in [5, 5.41) is 4.00. The van der Waals surface area contributed by atoms with Crippen LogP contribution in [0.1, 0.15) is 26.3 Å². The van der Waals surface area contributed by atoms with Gasteiger partial charge in [-0.2, -0.15) is 0 Å². The zero-order valence-electron chi connectivity index (χ0n) is 17.1. The number of ether oxygens (including phenoxy) is 1. The molecule has 0 fully saturated rings. The van der Waals surface area contributed by atoms with Gasteiger partial charge < -0.3 is 15.0 Å². The van der Waals surface area contributed by atoms with Crippen molar-refractivity contribution in [3.05, 3.63) is 62.5 Å². The Morgan fingerprint density at radius 3 is 2.43 bits per heavy atom. The normalized spacial score (nSPS) is 11.8. The molecule has 2 aromatic rings. The molecule has 0 saturated carbocycles. The Morgan fingerprint density at radius 1 is 1.10 bits per heavy atom. The Balaban J connectivity index is 2.15. The van der Waals surface area contributed by atoms with E-state index in [4.69, 9.17) is 27.9 Å². The maximum absolute atomic E-state index is 13.0. The number of hydrogen-bond acceptors (Lipinski definition) is 3. The van der Waals surface area contributed by atoms with Gasteiger partial charge in [-0.1, -0.05) is 49.2 Å². The number of benzene rings is 2. The van der Waals surface area contributed by atoms with Crippen LogP contribution in [0.3, 0.4) is 0 Å². The standard InChI is InChI=1S/C22H25BrCl2N2O3/c1-14(2)11-26-22(29)15(3)27(12-16-5-4-6-17(24)9-16)21(28)13-30-20-8-7-18(25)10-19(20)23/h4-10,14-15H,11-13H2,1-3H3,(H,26,29)/t15-/m0/s1. The smallest absolute Gasteiger partial charge is 0.261 e. The third-order valence-corrected chi connectivity index (χ3v) is 5.43. The molecule has 0 aromatic heterocycles. The van der Waals surface area contributed by atoms with Gasteiger partial charge in [-0.3, -0.25) is 9.59 Å². The minimum absolute atomic E-state index is 0.216. The van der Waals surface area contributed by atoms with Gasteiger partial charge in [0.15, 0.2) is 6.61 Å². The molecule has 1 N–H and O–H groups in total. The van der Waals surface area contributed by atoms with E-state index in [1.165, 1.54) is 4.90 Å². The van der Waals surface area contributed by atoms with Crippen molar-refractivity contribution in [1.82, 2.24) is 10.2 Å². The highest BCUT2D eigenvalue weighted by Gasteiger charge is 2.26. The average molecular weight is 516 g/mol. The molecule has 30 heavy (non-hydrogen) atoms. The van der Waals surface area contributed by atoms with Crippen LogP contribution in [0, 0.1) is 5.92 Å². The fourth-order valence-corrected chi connectivity index (χ4v) is 3.69. The van der Waals surface area contributed by atoms with Crippen LogP contribution in [0.15, 0.2) is 46.9 Å². The minimum Gasteiger partial charge on any atom is -0.483 e. The van der Waals surface area contributed by atoms with Gasteiger partial charge >= 0.3 is 0 Å². The molecule has 0 heterocycles. The second-order valence-corrected chi connectivity index (χ2v) is 9.06. The highest BCUT2D eigenvalue weighted by molar-refractivity contribution is 9.10. The molecule has 0 saturated heterocycles. The highest BCUT2D eigenvalue weighted by atomic mass is 79.9. The van der Waals surface area contributed by atoms with Gasteiger partial charge in [-0.25, -0.2) is 0 Å². The monoisotopic (exact) mass is 514 g/mol. The van der Waals surface area contributed by atoms with Crippen LogP contribution < -0.4 is 10.1 Å². The Hall–Kier alpha value is -1.76. The van der Waals surface area contributed by atoms with E-state index in [9.17, 15) is 9.59 Å². The Kier molecular flexibility index (Phi) is 9.46. The maximum atomic E-state index is 13.0. The van der Waals surface area contributed by atoms with Crippen molar-refractivity contribution in [3.63, 3.8) is 0 Å². The molecule has 2 amide bonds. The lowest BCUT2D eigenvalue weighted by molar-refractivity contribution is -0.142. The summed E-state index contributed by atoms with van der Waals surface area (Å²) in [6, 6.07) is 11.6. The molecule has 0 unspecified atom stereocenters. The summed E-state index contributed by atoms with van der Waals surface area (Å²) < 4.78 is 6.31. The van der Waals surface area contributed by atoms with E-state index < -0.39 is 6.04 Å². The van der Waals surface area contributed by atoms with Gasteiger partial charge in [-0.15, -0.1) is 0 Å². The first-order valence-corrected chi connectivity index (χ1v) is 11.1. The van der Waals surface area contributed by atoms with Crippen LogP contribution in [0.4, 0.5) is 0 Å². The number of nitrogens with zero attached hydrogens (tertiary/aromatic N) is 1. The van der Waals surface area contributed by atoms with E-state index in [0.717, 1.165) is 5.56 Å². The number of carbonyl (C=O) groups excluding carboxylic acids is 2. The van der Waals surface area contributed by atoms with Crippen molar-refractivity contribution in [2.45, 2.75) is 33.4 Å². The first-order valence-electron chi connectivity index (χ1n) is 9.57. The molecule has 1 atom stereocenters. The summed E-state index contributed by atoms with van der Waals surface area (Å²) in [6.45, 7) is 6.28. The summed E-state index contributed by atoms with van der Waals surface area (Å²) >= 11 is 15.4. The van der Waals surface area contributed by atoms with Gasteiger partial charge in [0.2, 0.25) is 5.91 Å². The Morgan fingerprint density at radius 2 is 1.80 bits per heavy atom. The second-order valence-electron chi connectivity index (χ2n) is 7.33. The van der Waals surface area contributed by atoms with Crippen molar-refractivity contribution in [1.29, 1.82) is 0 Å². The van der Waals surface area contributed by atoms with Crippen molar-refractivity contribution >= 4 is 50.9 Å². The molecule has 0 aliphatic carbocycles. The largest absolute Gasteiger partial charge is 0.483 e. The molecule has 0 bridgehead atoms. The molecule has 0 aliphatic rings. The number of hydrogen-bond donors (Lipinski definition) is 1. The summed E-state index contributed by atoms with van der Waals surface area (Å²) in [4.78, 5) is 27.1. The predicted octanol–water partition coefficient (Wildman–Crippen LogP) is 5.32. The molecule has 5 nitrogen and oxygen atoms in total. The zero-order valence-corrected chi connectivity index (χ0v) is 20.2. The molecule has 0 radical (unpaired) electrons. The summed E-state index contributed by atoms with van der Waals surface area (Å²) in [7, 11) is 0. The lowest BCUT2D eigenvalue weighted by Crippen LogP contribution is -2.49. The molecule has 0 spiro atoms. The molecule has 2 aromatic carbocycles. The SMILES string of the molecule is CC(C)CNC(=O)[C@H](C)N(Cc1cccc(Cl)c1)C(=O)COc1ccc(Cl)cc1Br. The van der Waals surface area contributed by atoms with Crippen LogP contribution in [-0.4, -0.2) is 35.9 Å². The molecule has 8 heteroatoms. The number of halogens is 3. The number of rotatable bonds is 9. The van der Waals surface area contributed by atoms with Gasteiger partial charge in [0.1, 0.15) is 11.8 Å². The van der Waals surface area contributed by atoms with Gasteiger partial charge in [0.25, 0.3) is 5.91 Å². The van der Waals surface area contributed by atoms with E-state index in [-0.39, 0.29) is 25.0 Å². The van der Waals surface area contributed by atoms with E-state index in [1.54, 1.807) is 37.3 Å². The van der Waals surface area contributed by atoms with E-state index in [0.29, 0.717) is 32.7 Å². The average Bonchev–Trinajstić information content (AvgIpc) is 2.68. The molecule has 162 valence electrons. The quantitative estimate of drug-likeness (QED) is 0.491. The van der Waals surface area contributed by atoms with Gasteiger partial charge in [-0.05, 0) is 64.7 Å². The van der Waals surface area contributed by atoms with E-state index in [1.807, 2.05) is 26.0 Å². The highest BCUT2D eigenvalue weighted by Crippen LogP contribution is 2.28. The van der Waals surface area contributed by atoms with Crippen LogP contribution in [-0.2, 0) is 16.1 Å². The Labute approximate surface area is 195 Å². The Bertz CT molecular complexity index is 892. The second kappa shape index (κ2) is 11.6. The van der Waals surface area contributed by atoms with Gasteiger partial charge in [0.05, 0.1) is 4.47 Å². The molecular formula is C22H25BrCl2N2O3. The number of carbonyl (C=O) groups is 2. The fraction of sp³-hybridized carbons (Fsp3) is 0.364. The van der Waals surface area contributed by atoms with E-state index >= 15 is 0 Å².